The van der Waals surface area contributed by atoms with Gasteiger partial charge in [-0.2, -0.15) is 0 Å². The van der Waals surface area contributed by atoms with E-state index in [0.717, 1.165) is 82.1 Å². The maximum absolute atomic E-state index is 13.0. The van der Waals surface area contributed by atoms with E-state index in [9.17, 15) is 4.79 Å². The van der Waals surface area contributed by atoms with Gasteiger partial charge in [-0.1, -0.05) is 6.92 Å². The number of rotatable bonds is 8. The highest BCUT2D eigenvalue weighted by atomic mass is 16.5. The Labute approximate surface area is 191 Å². The molecular formula is C26H36N2O4. The monoisotopic (exact) mass is 440 g/mol. The molecule has 2 aromatic rings. The first-order chi connectivity index (χ1) is 15.5. The summed E-state index contributed by atoms with van der Waals surface area (Å²) >= 11 is 0. The van der Waals surface area contributed by atoms with Gasteiger partial charge in [-0.15, -0.1) is 0 Å². The van der Waals surface area contributed by atoms with Crippen molar-refractivity contribution in [1.29, 1.82) is 0 Å². The molecule has 2 aliphatic rings. The molecule has 1 aromatic carbocycles. The summed E-state index contributed by atoms with van der Waals surface area (Å²) in [7, 11) is 1.64. The summed E-state index contributed by atoms with van der Waals surface area (Å²) in [5, 5.41) is 0. The van der Waals surface area contributed by atoms with Crippen LogP contribution in [0.15, 0.2) is 34.7 Å². The molecule has 1 atom stereocenters. The van der Waals surface area contributed by atoms with Crippen LogP contribution in [0.5, 0.6) is 11.5 Å². The van der Waals surface area contributed by atoms with Crippen LogP contribution in [0.1, 0.15) is 66.8 Å². The lowest BCUT2D eigenvalue weighted by atomic mass is 10.0. The van der Waals surface area contributed by atoms with E-state index >= 15 is 0 Å². The molecule has 2 saturated heterocycles. The third kappa shape index (κ3) is 5.47. The maximum Gasteiger partial charge on any atom is 0.257 e. The number of ether oxygens (including phenoxy) is 2. The second kappa shape index (κ2) is 10.4. The summed E-state index contributed by atoms with van der Waals surface area (Å²) in [6.07, 6.45) is 5.28. The number of piperidine rings is 1. The Balaban J connectivity index is 1.32. The van der Waals surface area contributed by atoms with Crippen LogP contribution in [0.4, 0.5) is 0 Å². The van der Waals surface area contributed by atoms with Gasteiger partial charge >= 0.3 is 0 Å². The molecule has 174 valence electrons. The summed E-state index contributed by atoms with van der Waals surface area (Å²) in [4.78, 5) is 17.5. The van der Waals surface area contributed by atoms with E-state index < -0.39 is 0 Å². The van der Waals surface area contributed by atoms with Crippen LogP contribution in [0.2, 0.25) is 0 Å². The van der Waals surface area contributed by atoms with Gasteiger partial charge in [0.05, 0.1) is 12.7 Å². The Hall–Kier alpha value is -2.47. The van der Waals surface area contributed by atoms with Crippen LogP contribution in [0.25, 0.3) is 0 Å². The molecule has 0 saturated carbocycles. The van der Waals surface area contributed by atoms with E-state index in [1.54, 1.807) is 7.11 Å². The molecule has 2 aliphatic heterocycles. The fraction of sp³-hybridized carbons (Fsp3) is 0.577. The fourth-order valence-electron chi connectivity index (χ4n) is 4.66. The van der Waals surface area contributed by atoms with Crippen molar-refractivity contribution in [2.45, 2.75) is 58.0 Å². The molecule has 1 aromatic heterocycles. The second-order valence-electron chi connectivity index (χ2n) is 9.16. The number of hydrogen-bond donors (Lipinski definition) is 0. The molecule has 0 unspecified atom stereocenters. The molecule has 6 nitrogen and oxygen atoms in total. The van der Waals surface area contributed by atoms with Crippen molar-refractivity contribution in [2.24, 2.45) is 0 Å². The number of hydrogen-bond acceptors (Lipinski definition) is 5. The van der Waals surface area contributed by atoms with Gasteiger partial charge in [0.1, 0.15) is 29.1 Å². The predicted molar refractivity (Wildman–Crippen MR) is 125 cm³/mol. The van der Waals surface area contributed by atoms with E-state index in [1.165, 1.54) is 0 Å². The average Bonchev–Trinajstić information content (AvgIpc) is 3.50. The number of carbonyl (C=O) groups excluding carboxylic acids is 1. The van der Waals surface area contributed by atoms with Crippen molar-refractivity contribution < 1.29 is 18.7 Å². The fourth-order valence-corrected chi connectivity index (χ4v) is 4.66. The van der Waals surface area contributed by atoms with Crippen molar-refractivity contribution in [3.63, 3.8) is 0 Å². The number of methoxy groups -OCH3 is 1. The summed E-state index contributed by atoms with van der Waals surface area (Å²) < 4.78 is 17.6. The summed E-state index contributed by atoms with van der Waals surface area (Å²) in [6.45, 7) is 8.97. The first-order valence-corrected chi connectivity index (χ1v) is 12.0. The van der Waals surface area contributed by atoms with Crippen LogP contribution in [-0.4, -0.2) is 61.6 Å². The molecule has 4 rings (SSSR count). The maximum atomic E-state index is 13.0. The van der Waals surface area contributed by atoms with E-state index in [2.05, 4.69) is 17.9 Å². The first-order valence-electron chi connectivity index (χ1n) is 12.0. The Kier molecular flexibility index (Phi) is 7.40. The van der Waals surface area contributed by atoms with Crippen LogP contribution >= 0.6 is 0 Å². The van der Waals surface area contributed by atoms with Gasteiger partial charge in [0.25, 0.3) is 5.91 Å². The Morgan fingerprint density at radius 3 is 2.53 bits per heavy atom. The molecule has 0 N–H and O–H groups in total. The normalized spacial score (nSPS) is 18.7. The van der Waals surface area contributed by atoms with Gasteiger partial charge in [-0.05, 0) is 69.8 Å². The van der Waals surface area contributed by atoms with E-state index in [-0.39, 0.29) is 12.0 Å². The summed E-state index contributed by atoms with van der Waals surface area (Å²) in [5.74, 6) is 3.92. The standard InChI is InChI=1S/C26H36N2O4/c1-19(24-9-6-20(2)31-24)10-15-27-16-11-21(12-17-27)32-25-18-22(30-3)7-8-23(25)26(29)28-13-4-5-14-28/h6-9,18-19,21H,4-5,10-17H2,1-3H3/t19-/m0/s1. The zero-order chi connectivity index (χ0) is 22.5. The van der Waals surface area contributed by atoms with Gasteiger partial charge < -0.3 is 23.7 Å². The van der Waals surface area contributed by atoms with Crippen LogP contribution in [0.3, 0.4) is 0 Å². The highest BCUT2D eigenvalue weighted by Crippen LogP contribution is 2.30. The summed E-state index contributed by atoms with van der Waals surface area (Å²) in [6, 6.07) is 9.69. The molecule has 2 fully saturated rings. The zero-order valence-electron chi connectivity index (χ0n) is 19.6. The Bertz CT molecular complexity index is 895. The summed E-state index contributed by atoms with van der Waals surface area (Å²) in [5.41, 5.74) is 0.651. The highest BCUT2D eigenvalue weighted by Gasteiger charge is 2.26. The molecular weight excluding hydrogens is 404 g/mol. The van der Waals surface area contributed by atoms with Crippen LogP contribution in [0, 0.1) is 6.92 Å². The Morgan fingerprint density at radius 1 is 1.12 bits per heavy atom. The third-order valence-electron chi connectivity index (χ3n) is 6.77. The number of amides is 1. The molecule has 1 amide bonds. The number of furan rings is 1. The van der Waals surface area contributed by atoms with Crippen molar-refractivity contribution in [2.75, 3.05) is 39.8 Å². The first kappa shape index (κ1) is 22.7. The SMILES string of the molecule is COc1ccc(C(=O)N2CCCC2)c(OC2CCN(CC[C@H](C)c3ccc(C)o3)CC2)c1. The molecule has 3 heterocycles. The van der Waals surface area contributed by atoms with Gasteiger partial charge in [0, 0.05) is 38.2 Å². The Morgan fingerprint density at radius 2 is 1.88 bits per heavy atom. The van der Waals surface area contributed by atoms with E-state index in [0.29, 0.717) is 17.2 Å². The van der Waals surface area contributed by atoms with Gasteiger partial charge in [0.15, 0.2) is 0 Å². The van der Waals surface area contributed by atoms with Crippen LogP contribution < -0.4 is 9.47 Å². The predicted octanol–water partition coefficient (Wildman–Crippen LogP) is 4.87. The van der Waals surface area contributed by atoms with Crippen LogP contribution in [-0.2, 0) is 0 Å². The quantitative estimate of drug-likeness (QED) is 0.586. The van der Waals surface area contributed by atoms with Crippen molar-refractivity contribution in [3.8, 4) is 11.5 Å². The minimum Gasteiger partial charge on any atom is -0.497 e. The molecule has 0 spiro atoms. The largest absolute Gasteiger partial charge is 0.497 e. The molecule has 0 aliphatic carbocycles. The number of benzene rings is 1. The number of likely N-dealkylation sites (tertiary alicyclic amines) is 2. The lowest BCUT2D eigenvalue weighted by molar-refractivity contribution is 0.0766. The van der Waals surface area contributed by atoms with Gasteiger partial charge in [-0.3, -0.25) is 4.79 Å². The minimum atomic E-state index is 0.0692. The second-order valence-corrected chi connectivity index (χ2v) is 9.16. The average molecular weight is 441 g/mol. The molecule has 32 heavy (non-hydrogen) atoms. The minimum absolute atomic E-state index is 0.0692. The molecule has 0 bridgehead atoms. The highest BCUT2D eigenvalue weighted by molar-refractivity contribution is 5.97. The molecule has 6 heteroatoms. The topological polar surface area (TPSA) is 55.1 Å². The lowest BCUT2D eigenvalue weighted by Gasteiger charge is -2.33. The van der Waals surface area contributed by atoms with Crippen molar-refractivity contribution in [1.82, 2.24) is 9.80 Å². The van der Waals surface area contributed by atoms with Gasteiger partial charge in [0.2, 0.25) is 0 Å². The lowest BCUT2D eigenvalue weighted by Crippen LogP contribution is -2.39. The molecule has 0 radical (unpaired) electrons. The van der Waals surface area contributed by atoms with Crippen molar-refractivity contribution in [3.05, 3.63) is 47.4 Å². The van der Waals surface area contributed by atoms with E-state index in [1.807, 2.05) is 36.1 Å². The number of carbonyl (C=O) groups is 1. The smallest absolute Gasteiger partial charge is 0.257 e. The van der Waals surface area contributed by atoms with E-state index in [4.69, 9.17) is 13.9 Å². The number of nitrogens with zero attached hydrogens (tertiary/aromatic N) is 2. The van der Waals surface area contributed by atoms with Gasteiger partial charge in [-0.25, -0.2) is 0 Å². The third-order valence-corrected chi connectivity index (χ3v) is 6.77. The van der Waals surface area contributed by atoms with Crippen molar-refractivity contribution >= 4 is 5.91 Å². The number of aryl methyl sites for hydroxylation is 1. The zero-order valence-corrected chi connectivity index (χ0v) is 19.6.